The molecule has 1 rings (SSSR count). The molecule has 4 nitrogen and oxygen atoms in total. The van der Waals surface area contributed by atoms with E-state index in [9.17, 15) is 9.90 Å². The van der Waals surface area contributed by atoms with E-state index in [1.54, 1.807) is 0 Å². The van der Waals surface area contributed by atoms with Crippen LogP contribution in [0.15, 0.2) is 0 Å². The first-order valence-electron chi connectivity index (χ1n) is 7.62. The molecule has 0 saturated heterocycles. The van der Waals surface area contributed by atoms with Crippen LogP contribution in [-0.2, 0) is 4.79 Å². The zero-order chi connectivity index (χ0) is 14.6. The largest absolute Gasteiger partial charge is 0.480 e. The van der Waals surface area contributed by atoms with Gasteiger partial charge in [0.05, 0.1) is 0 Å². The lowest BCUT2D eigenvalue weighted by molar-refractivity contribution is -0.143. The van der Waals surface area contributed by atoms with Gasteiger partial charge in [0.2, 0.25) is 0 Å². The van der Waals surface area contributed by atoms with Crippen molar-refractivity contribution < 1.29 is 9.90 Å². The average molecular weight is 270 g/mol. The number of hydrogen-bond donors (Lipinski definition) is 2. The predicted molar refractivity (Wildman–Crippen MR) is 78.1 cm³/mol. The topological polar surface area (TPSA) is 66.6 Å². The fourth-order valence-corrected chi connectivity index (χ4v) is 3.30. The van der Waals surface area contributed by atoms with Crippen molar-refractivity contribution in [1.29, 1.82) is 0 Å². The number of aliphatic carboxylic acids is 1. The molecule has 19 heavy (non-hydrogen) atoms. The standard InChI is InChI=1S/C15H30N2O2/c1-5-12(6-2)17(10-11(3)4)13-7-8-15(16,9-13)14(18)19/h11-13H,5-10,16H2,1-4H3,(H,18,19). The second-order valence-electron chi connectivity index (χ2n) is 6.42. The molecule has 112 valence electrons. The van der Waals surface area contributed by atoms with Crippen molar-refractivity contribution in [1.82, 2.24) is 4.90 Å². The summed E-state index contributed by atoms with van der Waals surface area (Å²) in [6, 6.07) is 0.872. The maximum absolute atomic E-state index is 11.3. The molecule has 1 saturated carbocycles. The van der Waals surface area contributed by atoms with Crippen molar-refractivity contribution in [3.8, 4) is 0 Å². The van der Waals surface area contributed by atoms with E-state index >= 15 is 0 Å². The molecule has 0 aromatic rings. The van der Waals surface area contributed by atoms with Gasteiger partial charge < -0.3 is 10.8 Å². The van der Waals surface area contributed by atoms with E-state index in [0.717, 1.165) is 25.8 Å². The molecule has 4 heteroatoms. The van der Waals surface area contributed by atoms with Crippen molar-refractivity contribution in [2.45, 2.75) is 77.4 Å². The van der Waals surface area contributed by atoms with Gasteiger partial charge in [0.1, 0.15) is 5.54 Å². The van der Waals surface area contributed by atoms with E-state index in [2.05, 4.69) is 32.6 Å². The van der Waals surface area contributed by atoms with Gasteiger partial charge in [0.15, 0.2) is 0 Å². The Labute approximate surface area is 117 Å². The summed E-state index contributed by atoms with van der Waals surface area (Å²) in [6.45, 7) is 9.90. The monoisotopic (exact) mass is 270 g/mol. The van der Waals surface area contributed by atoms with Gasteiger partial charge in [-0.1, -0.05) is 27.7 Å². The SMILES string of the molecule is CCC(CC)N(CC(C)C)C1CCC(N)(C(=O)O)C1. The van der Waals surface area contributed by atoms with Crippen LogP contribution in [0.3, 0.4) is 0 Å². The van der Waals surface area contributed by atoms with Crippen LogP contribution >= 0.6 is 0 Å². The summed E-state index contributed by atoms with van der Waals surface area (Å²) in [5.41, 5.74) is 5.01. The molecule has 0 radical (unpaired) electrons. The predicted octanol–water partition coefficient (Wildman–Crippen LogP) is 2.47. The maximum Gasteiger partial charge on any atom is 0.323 e. The Morgan fingerprint density at radius 2 is 2.00 bits per heavy atom. The Hall–Kier alpha value is -0.610. The molecule has 3 N–H and O–H groups in total. The minimum Gasteiger partial charge on any atom is -0.480 e. The van der Waals surface area contributed by atoms with Gasteiger partial charge in [-0.2, -0.15) is 0 Å². The Kier molecular flexibility index (Phi) is 5.81. The first kappa shape index (κ1) is 16.4. The van der Waals surface area contributed by atoms with Crippen molar-refractivity contribution in [2.24, 2.45) is 11.7 Å². The van der Waals surface area contributed by atoms with Crippen molar-refractivity contribution in [3.63, 3.8) is 0 Å². The highest BCUT2D eigenvalue weighted by atomic mass is 16.4. The molecule has 1 aliphatic rings. The molecule has 0 bridgehead atoms. The lowest BCUT2D eigenvalue weighted by Crippen LogP contribution is -2.49. The van der Waals surface area contributed by atoms with E-state index in [0.29, 0.717) is 30.8 Å². The number of carbonyl (C=O) groups is 1. The van der Waals surface area contributed by atoms with Crippen molar-refractivity contribution in [2.75, 3.05) is 6.54 Å². The smallest absolute Gasteiger partial charge is 0.323 e. The van der Waals surface area contributed by atoms with Gasteiger partial charge in [-0.15, -0.1) is 0 Å². The first-order chi connectivity index (χ1) is 8.84. The average Bonchev–Trinajstić information content (AvgIpc) is 2.73. The summed E-state index contributed by atoms with van der Waals surface area (Å²) in [5.74, 6) is -0.248. The molecule has 0 aromatic carbocycles. The highest BCUT2D eigenvalue weighted by Crippen LogP contribution is 2.33. The second kappa shape index (κ2) is 6.71. The zero-order valence-corrected chi connectivity index (χ0v) is 12.9. The minimum absolute atomic E-state index is 0.327. The number of rotatable bonds is 7. The van der Waals surface area contributed by atoms with Gasteiger partial charge in [0.25, 0.3) is 0 Å². The molecule has 1 fully saturated rings. The number of nitrogens with zero attached hydrogens (tertiary/aromatic N) is 1. The molecule has 2 unspecified atom stereocenters. The Balaban J connectivity index is 2.79. The lowest BCUT2D eigenvalue weighted by atomic mass is 9.98. The van der Waals surface area contributed by atoms with Crippen molar-refractivity contribution >= 4 is 5.97 Å². The van der Waals surface area contributed by atoms with E-state index in [-0.39, 0.29) is 0 Å². The molecular weight excluding hydrogens is 240 g/mol. The van der Waals surface area contributed by atoms with Crippen LogP contribution < -0.4 is 5.73 Å². The summed E-state index contributed by atoms with van der Waals surface area (Å²) in [6.07, 6.45) is 4.33. The molecule has 1 aliphatic carbocycles. The van der Waals surface area contributed by atoms with Gasteiger partial charge in [-0.05, 0) is 38.0 Å². The number of carboxylic acids is 1. The van der Waals surface area contributed by atoms with Gasteiger partial charge in [-0.3, -0.25) is 9.69 Å². The Bertz CT molecular complexity index is 303. The molecule has 0 amide bonds. The quantitative estimate of drug-likeness (QED) is 0.746. The van der Waals surface area contributed by atoms with Gasteiger partial charge in [0, 0.05) is 18.6 Å². The van der Waals surface area contributed by atoms with E-state index in [4.69, 9.17) is 5.73 Å². The number of nitrogens with two attached hydrogens (primary N) is 1. The Morgan fingerprint density at radius 3 is 2.37 bits per heavy atom. The maximum atomic E-state index is 11.3. The van der Waals surface area contributed by atoms with E-state index in [1.165, 1.54) is 0 Å². The zero-order valence-electron chi connectivity index (χ0n) is 12.9. The molecule has 0 spiro atoms. The van der Waals surface area contributed by atoms with Crippen LogP contribution in [0.5, 0.6) is 0 Å². The molecule has 0 heterocycles. The molecule has 0 aliphatic heterocycles. The second-order valence-corrected chi connectivity index (χ2v) is 6.42. The van der Waals surface area contributed by atoms with Crippen LogP contribution in [0.25, 0.3) is 0 Å². The van der Waals surface area contributed by atoms with E-state index < -0.39 is 11.5 Å². The number of hydrogen-bond acceptors (Lipinski definition) is 3. The highest BCUT2D eigenvalue weighted by Gasteiger charge is 2.44. The van der Waals surface area contributed by atoms with Crippen LogP contribution in [-0.4, -0.2) is 40.1 Å². The summed E-state index contributed by atoms with van der Waals surface area (Å²) >= 11 is 0. The fraction of sp³-hybridized carbons (Fsp3) is 0.933. The summed E-state index contributed by atoms with van der Waals surface area (Å²) in [5, 5.41) is 9.26. The molecule has 0 aromatic heterocycles. The molecular formula is C15H30N2O2. The minimum atomic E-state index is -1.01. The first-order valence-corrected chi connectivity index (χ1v) is 7.62. The van der Waals surface area contributed by atoms with Crippen LogP contribution in [0.4, 0.5) is 0 Å². The molecule has 2 atom stereocenters. The summed E-state index contributed by atoms with van der Waals surface area (Å²) < 4.78 is 0. The normalized spacial score (nSPS) is 27.7. The summed E-state index contributed by atoms with van der Waals surface area (Å²) in [7, 11) is 0. The lowest BCUT2D eigenvalue weighted by Gasteiger charge is -2.37. The van der Waals surface area contributed by atoms with Crippen LogP contribution in [0, 0.1) is 5.92 Å². The number of carboxylic acid groups (broad SMARTS) is 1. The van der Waals surface area contributed by atoms with E-state index in [1.807, 2.05) is 0 Å². The Morgan fingerprint density at radius 1 is 1.42 bits per heavy atom. The fourth-order valence-electron chi connectivity index (χ4n) is 3.30. The van der Waals surface area contributed by atoms with Crippen LogP contribution in [0.1, 0.15) is 59.8 Å². The highest BCUT2D eigenvalue weighted by molar-refractivity contribution is 5.79. The van der Waals surface area contributed by atoms with Gasteiger partial charge >= 0.3 is 5.97 Å². The third-order valence-corrected chi connectivity index (χ3v) is 4.41. The third kappa shape index (κ3) is 3.93. The third-order valence-electron chi connectivity index (χ3n) is 4.41. The summed E-state index contributed by atoms with van der Waals surface area (Å²) in [4.78, 5) is 13.8. The van der Waals surface area contributed by atoms with Crippen LogP contribution in [0.2, 0.25) is 0 Å². The van der Waals surface area contributed by atoms with Crippen molar-refractivity contribution in [3.05, 3.63) is 0 Å². The van der Waals surface area contributed by atoms with Gasteiger partial charge in [-0.25, -0.2) is 0 Å².